The summed E-state index contributed by atoms with van der Waals surface area (Å²) in [5.41, 5.74) is 1.60. The number of esters is 1. The molecule has 1 aliphatic carbocycles. The fourth-order valence-corrected chi connectivity index (χ4v) is 4.48. The summed E-state index contributed by atoms with van der Waals surface area (Å²) in [7, 11) is 0. The minimum Gasteiger partial charge on any atom is -0.423 e. The Balaban J connectivity index is 1.53. The highest BCUT2D eigenvalue weighted by atomic mass is 19.2. The van der Waals surface area contributed by atoms with Crippen molar-refractivity contribution < 1.29 is 18.3 Å². The van der Waals surface area contributed by atoms with Gasteiger partial charge >= 0.3 is 5.97 Å². The van der Waals surface area contributed by atoms with E-state index >= 15 is 0 Å². The molecule has 0 aliphatic heterocycles. The van der Waals surface area contributed by atoms with Crippen molar-refractivity contribution in [1.82, 2.24) is 0 Å². The molecule has 0 bridgehead atoms. The largest absolute Gasteiger partial charge is 0.423 e. The van der Waals surface area contributed by atoms with Gasteiger partial charge in [-0.3, -0.25) is 0 Å². The molecule has 2 aromatic carbocycles. The van der Waals surface area contributed by atoms with Gasteiger partial charge in [-0.15, -0.1) is 0 Å². The van der Waals surface area contributed by atoms with Crippen molar-refractivity contribution in [3.63, 3.8) is 0 Å². The van der Waals surface area contributed by atoms with E-state index in [4.69, 9.17) is 4.74 Å². The third-order valence-electron chi connectivity index (χ3n) is 6.24. The minimum absolute atomic E-state index is 0.00901. The predicted octanol–water partition coefficient (Wildman–Crippen LogP) is 6.97. The smallest absolute Gasteiger partial charge is 0.343 e. The van der Waals surface area contributed by atoms with E-state index < -0.39 is 17.6 Å². The summed E-state index contributed by atoms with van der Waals surface area (Å²) in [6, 6.07) is 10.4. The molecule has 2 nitrogen and oxygen atoms in total. The quantitative estimate of drug-likeness (QED) is 0.370. The van der Waals surface area contributed by atoms with Gasteiger partial charge in [0.15, 0.2) is 11.6 Å². The number of halogens is 2. The van der Waals surface area contributed by atoms with Crippen LogP contribution in [0, 0.1) is 29.4 Å². The molecule has 0 aromatic heterocycles. The molecule has 156 valence electrons. The van der Waals surface area contributed by atoms with Crippen LogP contribution in [0.4, 0.5) is 8.78 Å². The van der Waals surface area contributed by atoms with Crippen molar-refractivity contribution in [3.8, 4) is 5.75 Å². The normalized spacial score (nSPS) is 20.3. The molecule has 4 heteroatoms. The maximum Gasteiger partial charge on any atom is 0.343 e. The van der Waals surface area contributed by atoms with Gasteiger partial charge in [0, 0.05) is 6.07 Å². The van der Waals surface area contributed by atoms with Crippen molar-refractivity contribution in [2.75, 3.05) is 0 Å². The number of ether oxygens (including phenoxy) is 1. The maximum absolute atomic E-state index is 13.3. The monoisotopic (exact) mass is 400 g/mol. The van der Waals surface area contributed by atoms with Gasteiger partial charge in [0.05, 0.1) is 5.56 Å². The summed E-state index contributed by atoms with van der Waals surface area (Å²) in [4.78, 5) is 12.2. The SMILES string of the molecule is CCCC1CCC(C(C)Cc2ccc(C(=O)Oc3ccc(F)c(F)c3)cc2)CC1. The Kier molecular flexibility index (Phi) is 7.40. The Morgan fingerprint density at radius 1 is 1.03 bits per heavy atom. The molecule has 0 heterocycles. The van der Waals surface area contributed by atoms with Gasteiger partial charge in [-0.05, 0) is 66.8 Å². The Morgan fingerprint density at radius 3 is 2.34 bits per heavy atom. The Morgan fingerprint density at radius 2 is 1.72 bits per heavy atom. The summed E-state index contributed by atoms with van der Waals surface area (Å²) < 4.78 is 31.4. The standard InChI is InChI=1S/C25H30F2O2/c1-3-4-18-5-9-20(10-6-18)17(2)15-19-7-11-21(12-8-19)25(28)29-22-13-14-23(26)24(27)16-22/h7-8,11-14,16-18,20H,3-6,9-10,15H2,1-2H3. The molecule has 1 aliphatic rings. The molecule has 3 rings (SSSR count). The molecular weight excluding hydrogens is 370 g/mol. The highest BCUT2D eigenvalue weighted by Gasteiger charge is 2.25. The van der Waals surface area contributed by atoms with Crippen molar-refractivity contribution in [2.24, 2.45) is 17.8 Å². The number of carbonyl (C=O) groups is 1. The van der Waals surface area contributed by atoms with Crippen LogP contribution in [0.3, 0.4) is 0 Å². The van der Waals surface area contributed by atoms with E-state index in [0.717, 1.165) is 30.4 Å². The molecule has 0 saturated heterocycles. The van der Waals surface area contributed by atoms with E-state index in [1.54, 1.807) is 12.1 Å². The third-order valence-corrected chi connectivity index (χ3v) is 6.24. The second-order valence-corrected chi connectivity index (χ2v) is 8.41. The molecule has 0 spiro atoms. The first kappa shape index (κ1) is 21.5. The third kappa shape index (κ3) is 5.88. The lowest BCUT2D eigenvalue weighted by atomic mass is 9.74. The molecule has 0 radical (unpaired) electrons. The van der Waals surface area contributed by atoms with E-state index in [1.165, 1.54) is 50.2 Å². The number of hydrogen-bond acceptors (Lipinski definition) is 2. The maximum atomic E-state index is 13.3. The second kappa shape index (κ2) is 10.00. The number of carbonyl (C=O) groups excluding carboxylic acids is 1. The van der Waals surface area contributed by atoms with Crippen molar-refractivity contribution in [2.45, 2.75) is 58.8 Å². The summed E-state index contributed by atoms with van der Waals surface area (Å²) in [6.45, 7) is 4.60. The first-order chi connectivity index (χ1) is 14.0. The van der Waals surface area contributed by atoms with E-state index in [0.29, 0.717) is 11.5 Å². The second-order valence-electron chi connectivity index (χ2n) is 8.41. The lowest BCUT2D eigenvalue weighted by molar-refractivity contribution is 0.0734. The zero-order valence-corrected chi connectivity index (χ0v) is 17.3. The van der Waals surface area contributed by atoms with Gasteiger partial charge in [-0.1, -0.05) is 51.7 Å². The molecule has 0 N–H and O–H groups in total. The van der Waals surface area contributed by atoms with E-state index in [1.807, 2.05) is 12.1 Å². The summed E-state index contributed by atoms with van der Waals surface area (Å²) in [5, 5.41) is 0. The lowest BCUT2D eigenvalue weighted by Crippen LogP contribution is -2.21. The average molecular weight is 401 g/mol. The summed E-state index contributed by atoms with van der Waals surface area (Å²) >= 11 is 0. The van der Waals surface area contributed by atoms with Crippen molar-refractivity contribution >= 4 is 5.97 Å². The van der Waals surface area contributed by atoms with Crippen LogP contribution in [-0.2, 0) is 6.42 Å². The average Bonchev–Trinajstić information content (AvgIpc) is 2.72. The Bertz CT molecular complexity index is 808. The molecular formula is C25H30F2O2. The van der Waals surface area contributed by atoms with Crippen LogP contribution in [0.5, 0.6) is 5.75 Å². The highest BCUT2D eigenvalue weighted by molar-refractivity contribution is 5.91. The van der Waals surface area contributed by atoms with Gasteiger partial charge in [-0.25, -0.2) is 13.6 Å². The van der Waals surface area contributed by atoms with E-state index in [-0.39, 0.29) is 5.75 Å². The molecule has 1 unspecified atom stereocenters. The van der Waals surface area contributed by atoms with Gasteiger partial charge in [0.1, 0.15) is 5.75 Å². The van der Waals surface area contributed by atoms with Crippen LogP contribution in [0.1, 0.15) is 68.3 Å². The van der Waals surface area contributed by atoms with Crippen LogP contribution in [0.25, 0.3) is 0 Å². The van der Waals surface area contributed by atoms with Crippen LogP contribution >= 0.6 is 0 Å². The highest BCUT2D eigenvalue weighted by Crippen LogP contribution is 2.36. The number of benzene rings is 2. The van der Waals surface area contributed by atoms with E-state index in [2.05, 4.69) is 13.8 Å². The Labute approximate surface area is 172 Å². The van der Waals surface area contributed by atoms with Gasteiger partial charge in [0.2, 0.25) is 0 Å². The van der Waals surface area contributed by atoms with Gasteiger partial charge in [-0.2, -0.15) is 0 Å². The molecule has 2 aromatic rings. The minimum atomic E-state index is -1.04. The van der Waals surface area contributed by atoms with Gasteiger partial charge < -0.3 is 4.74 Å². The first-order valence-electron chi connectivity index (χ1n) is 10.7. The molecule has 0 amide bonds. The molecule has 1 saturated carbocycles. The topological polar surface area (TPSA) is 26.3 Å². The Hall–Kier alpha value is -2.23. The summed E-state index contributed by atoms with van der Waals surface area (Å²) in [5.74, 6) is -0.275. The van der Waals surface area contributed by atoms with Crippen molar-refractivity contribution in [3.05, 3.63) is 65.2 Å². The zero-order chi connectivity index (χ0) is 20.8. The van der Waals surface area contributed by atoms with Crippen molar-refractivity contribution in [1.29, 1.82) is 0 Å². The van der Waals surface area contributed by atoms with E-state index in [9.17, 15) is 13.6 Å². The summed E-state index contributed by atoms with van der Waals surface area (Å²) in [6.07, 6.45) is 9.02. The van der Waals surface area contributed by atoms with Crippen LogP contribution in [0.15, 0.2) is 42.5 Å². The number of rotatable bonds is 7. The molecule has 29 heavy (non-hydrogen) atoms. The zero-order valence-electron chi connectivity index (χ0n) is 17.3. The first-order valence-corrected chi connectivity index (χ1v) is 10.7. The van der Waals surface area contributed by atoms with Crippen LogP contribution in [0.2, 0.25) is 0 Å². The van der Waals surface area contributed by atoms with Gasteiger partial charge in [0.25, 0.3) is 0 Å². The molecule has 1 fully saturated rings. The number of hydrogen-bond donors (Lipinski definition) is 0. The lowest BCUT2D eigenvalue weighted by Gasteiger charge is -2.32. The van der Waals surface area contributed by atoms with Crippen LogP contribution < -0.4 is 4.74 Å². The fourth-order valence-electron chi connectivity index (χ4n) is 4.48. The van der Waals surface area contributed by atoms with Crippen LogP contribution in [-0.4, -0.2) is 5.97 Å². The predicted molar refractivity (Wildman–Crippen MR) is 111 cm³/mol. The fraction of sp³-hybridized carbons (Fsp3) is 0.480. The molecule has 1 atom stereocenters.